The van der Waals surface area contributed by atoms with Gasteiger partial charge in [0.2, 0.25) is 5.91 Å². The fourth-order valence-corrected chi connectivity index (χ4v) is 0.692. The minimum Gasteiger partial charge on any atom is -0.412 e. The highest BCUT2D eigenvalue weighted by atomic mass is 16.1. The van der Waals surface area contributed by atoms with Gasteiger partial charge in [-0.2, -0.15) is 0 Å². The predicted molar refractivity (Wildman–Crippen MR) is 47.6 cm³/mol. The largest absolute Gasteiger partial charge is 0.412 e. The highest BCUT2D eigenvalue weighted by Gasteiger charge is 1.96. The first-order valence-corrected chi connectivity index (χ1v) is 2.85. The molecule has 0 heterocycles. The van der Waals surface area contributed by atoms with E-state index in [1.807, 2.05) is 0 Å². The Morgan fingerprint density at radius 1 is 1.33 bits per heavy atom. The maximum Gasteiger partial charge on any atom is 0.248 e. The third kappa shape index (κ3) is 3.18. The van der Waals surface area contributed by atoms with Gasteiger partial charge in [0, 0.05) is 5.56 Å². The molecule has 0 atom stereocenters. The number of rotatable bonds is 1. The van der Waals surface area contributed by atoms with Crippen molar-refractivity contribution >= 4 is 19.2 Å². The van der Waals surface area contributed by atoms with Crippen LogP contribution >= 0.6 is 0 Å². The van der Waals surface area contributed by atoms with E-state index in [2.05, 4.69) is 0 Å². The number of hydrogen-bond donors (Lipinski definition) is 1. The third-order valence-electron chi connectivity index (χ3n) is 1.17. The number of primary amides is 1. The molecule has 1 amide bonds. The quantitative estimate of drug-likeness (QED) is 0.476. The Labute approximate surface area is 71.4 Å². The zero-order valence-electron chi connectivity index (χ0n) is 6.37. The Morgan fingerprint density at radius 3 is 2.25 bits per heavy atom. The predicted octanol–water partition coefficient (Wildman–Crippen LogP) is -2.07. The molecule has 0 aliphatic heterocycles. The van der Waals surface area contributed by atoms with Crippen LogP contribution in [0.5, 0.6) is 0 Å². The van der Waals surface area contributed by atoms with Crippen LogP contribution in [-0.4, -0.2) is 24.7 Å². The molecule has 4 nitrogen and oxygen atoms in total. The van der Waals surface area contributed by atoms with Crippen molar-refractivity contribution in [2.45, 2.75) is 0 Å². The van der Waals surface area contributed by atoms with Gasteiger partial charge in [-0.25, -0.2) is 0 Å². The molecule has 0 saturated heterocycles. The maximum atomic E-state index is 10.5. The second-order valence-corrected chi connectivity index (χ2v) is 1.99. The Hall–Kier alpha value is -1.33. The lowest BCUT2D eigenvalue weighted by molar-refractivity contribution is 0.100. The number of benzene rings is 1. The van der Waals surface area contributed by atoms with Gasteiger partial charge in [-0.1, -0.05) is 23.7 Å². The van der Waals surface area contributed by atoms with Gasteiger partial charge in [0.15, 0.2) is 0 Å². The molecule has 12 heavy (non-hydrogen) atoms. The van der Waals surface area contributed by atoms with E-state index in [1.165, 1.54) is 0 Å². The van der Waals surface area contributed by atoms with Gasteiger partial charge in [-0.3, -0.25) is 4.79 Å². The van der Waals surface area contributed by atoms with Crippen LogP contribution < -0.4 is 11.2 Å². The molecule has 0 saturated carbocycles. The van der Waals surface area contributed by atoms with Crippen molar-refractivity contribution < 1.29 is 15.7 Å². The van der Waals surface area contributed by atoms with Crippen LogP contribution in [0.25, 0.3) is 0 Å². The molecule has 5 heteroatoms. The molecule has 0 unspecified atom stereocenters. The first kappa shape index (κ1) is 13.3. The van der Waals surface area contributed by atoms with Crippen LogP contribution in [0.2, 0.25) is 0 Å². The Morgan fingerprint density at radius 2 is 1.92 bits per heavy atom. The van der Waals surface area contributed by atoms with E-state index in [0.717, 1.165) is 0 Å². The van der Waals surface area contributed by atoms with Gasteiger partial charge >= 0.3 is 0 Å². The van der Waals surface area contributed by atoms with Crippen LogP contribution in [0.3, 0.4) is 0 Å². The summed E-state index contributed by atoms with van der Waals surface area (Å²) >= 11 is 0. The molecule has 0 fully saturated rings. The van der Waals surface area contributed by atoms with Crippen molar-refractivity contribution in [3.8, 4) is 0 Å². The summed E-state index contributed by atoms with van der Waals surface area (Å²) in [5, 5.41) is 0. The van der Waals surface area contributed by atoms with Crippen LogP contribution in [-0.2, 0) is 0 Å². The molecular formula is C7H10BNO3. The molecule has 0 spiro atoms. The van der Waals surface area contributed by atoms with Crippen LogP contribution in [0, 0.1) is 0 Å². The normalized spacial score (nSPS) is 7.67. The summed E-state index contributed by atoms with van der Waals surface area (Å²) in [6, 6.07) is 6.56. The summed E-state index contributed by atoms with van der Waals surface area (Å²) in [5.74, 6) is -0.452. The van der Waals surface area contributed by atoms with Gasteiger partial charge in [0.25, 0.3) is 0 Å². The molecule has 0 aromatic heterocycles. The number of carbonyl (C=O) groups excluding carboxylic acids is 1. The topological polar surface area (TPSA) is 106 Å². The fraction of sp³-hybridized carbons (Fsp3) is 0. The number of nitrogens with two attached hydrogens (primary N) is 1. The lowest BCUT2D eigenvalue weighted by atomic mass is 9.94. The molecule has 2 radical (unpaired) electrons. The lowest BCUT2D eigenvalue weighted by Crippen LogP contribution is -2.14. The molecule has 6 N–H and O–H groups in total. The van der Waals surface area contributed by atoms with Crippen LogP contribution in [0.4, 0.5) is 0 Å². The zero-order valence-corrected chi connectivity index (χ0v) is 6.37. The maximum absolute atomic E-state index is 10.5. The Kier molecular flexibility index (Phi) is 5.91. The standard InChI is InChI=1S/C7H6BNO.2H2O/c8-6-3-1-2-5(4-6)7(9)10;;/h1-4H,(H2,9,10);2*1H2. The minimum atomic E-state index is -0.452. The summed E-state index contributed by atoms with van der Waals surface area (Å²) in [6.07, 6.45) is 0. The molecule has 0 bridgehead atoms. The summed E-state index contributed by atoms with van der Waals surface area (Å²) in [4.78, 5) is 10.5. The number of amides is 1. The molecule has 1 aromatic carbocycles. The smallest absolute Gasteiger partial charge is 0.248 e. The first-order valence-electron chi connectivity index (χ1n) is 2.85. The van der Waals surface area contributed by atoms with Crippen molar-refractivity contribution in [2.75, 3.05) is 0 Å². The average molecular weight is 167 g/mol. The molecule has 1 aromatic rings. The molecule has 64 valence electrons. The molecule has 0 aliphatic rings. The van der Waals surface area contributed by atoms with E-state index in [1.54, 1.807) is 24.3 Å². The fourth-order valence-electron chi connectivity index (χ4n) is 0.692. The third-order valence-corrected chi connectivity index (χ3v) is 1.17. The van der Waals surface area contributed by atoms with Gasteiger partial charge in [-0.15, -0.1) is 0 Å². The van der Waals surface area contributed by atoms with Crippen LogP contribution in [0.1, 0.15) is 10.4 Å². The van der Waals surface area contributed by atoms with Gasteiger partial charge in [0.05, 0.1) is 0 Å². The van der Waals surface area contributed by atoms with Crippen molar-refractivity contribution in [1.82, 2.24) is 0 Å². The van der Waals surface area contributed by atoms with Crippen molar-refractivity contribution in [3.63, 3.8) is 0 Å². The van der Waals surface area contributed by atoms with E-state index >= 15 is 0 Å². The average Bonchev–Trinajstić information content (AvgIpc) is 1.88. The minimum absolute atomic E-state index is 0. The van der Waals surface area contributed by atoms with Crippen molar-refractivity contribution in [3.05, 3.63) is 29.8 Å². The second-order valence-electron chi connectivity index (χ2n) is 1.99. The summed E-state index contributed by atoms with van der Waals surface area (Å²) in [6.45, 7) is 0. The van der Waals surface area contributed by atoms with Gasteiger partial charge in [-0.05, 0) is 6.07 Å². The van der Waals surface area contributed by atoms with E-state index < -0.39 is 5.91 Å². The number of hydrogen-bond acceptors (Lipinski definition) is 1. The summed E-state index contributed by atoms with van der Waals surface area (Å²) in [7, 11) is 5.39. The van der Waals surface area contributed by atoms with E-state index in [0.29, 0.717) is 11.0 Å². The second kappa shape index (κ2) is 5.34. The summed E-state index contributed by atoms with van der Waals surface area (Å²) in [5.41, 5.74) is 5.98. The van der Waals surface area contributed by atoms with Crippen LogP contribution in [0.15, 0.2) is 24.3 Å². The summed E-state index contributed by atoms with van der Waals surface area (Å²) < 4.78 is 0. The lowest BCUT2D eigenvalue weighted by Gasteiger charge is -1.94. The zero-order chi connectivity index (χ0) is 7.56. The number of carbonyl (C=O) groups is 1. The van der Waals surface area contributed by atoms with Gasteiger partial charge < -0.3 is 16.7 Å². The Bertz CT molecular complexity index is 265. The molecule has 1 rings (SSSR count). The highest BCUT2D eigenvalue weighted by Crippen LogP contribution is 1.92. The van der Waals surface area contributed by atoms with E-state index in [9.17, 15) is 4.79 Å². The Balaban J connectivity index is 0. The van der Waals surface area contributed by atoms with E-state index in [4.69, 9.17) is 13.6 Å². The first-order chi connectivity index (χ1) is 4.70. The van der Waals surface area contributed by atoms with Gasteiger partial charge in [0.1, 0.15) is 7.85 Å². The highest BCUT2D eigenvalue weighted by molar-refractivity contribution is 6.32. The molecule has 0 aliphatic carbocycles. The molecular weight excluding hydrogens is 157 g/mol. The van der Waals surface area contributed by atoms with Crippen molar-refractivity contribution in [2.24, 2.45) is 5.73 Å². The SMILES string of the molecule is O.O.[B]c1cccc(C(N)=O)c1. The monoisotopic (exact) mass is 167 g/mol. The van der Waals surface area contributed by atoms with E-state index in [-0.39, 0.29) is 11.0 Å². The van der Waals surface area contributed by atoms with Crippen molar-refractivity contribution in [1.29, 1.82) is 0 Å².